The zero-order chi connectivity index (χ0) is 24.6. The van der Waals surface area contributed by atoms with E-state index in [4.69, 9.17) is 23.7 Å². The fraction of sp³-hybridized carbons (Fsp3) is 1.00. The Bertz CT molecular complexity index is 576. The highest BCUT2D eigenvalue weighted by atomic mass is 16.7. The van der Waals surface area contributed by atoms with Crippen LogP contribution in [0.3, 0.4) is 0 Å². The summed E-state index contributed by atoms with van der Waals surface area (Å²) < 4.78 is 26.3. The molecule has 0 aromatic rings. The summed E-state index contributed by atoms with van der Waals surface area (Å²) in [4.78, 5) is 0. The highest BCUT2D eigenvalue weighted by molar-refractivity contribution is 4.92. The third kappa shape index (κ3) is 5.64. The Morgan fingerprint density at radius 1 is 0.485 bits per heavy atom. The van der Waals surface area contributed by atoms with Crippen LogP contribution in [0.25, 0.3) is 0 Å². The predicted octanol–water partition coefficient (Wildman–Crippen LogP) is -6.55. The second-order valence-electron chi connectivity index (χ2n) is 8.40. The average Bonchev–Trinajstić information content (AvgIpc) is 2.79. The molecule has 3 aliphatic heterocycles. The van der Waals surface area contributed by atoms with Crippen molar-refractivity contribution in [3.63, 3.8) is 0 Å². The second kappa shape index (κ2) is 11.0. The summed E-state index contributed by atoms with van der Waals surface area (Å²) in [6, 6.07) is 0. The maximum Gasteiger partial charge on any atom is 0.186 e. The molecule has 0 amide bonds. The predicted molar refractivity (Wildman–Crippen MR) is 99.8 cm³/mol. The van der Waals surface area contributed by atoms with Crippen LogP contribution in [0.1, 0.15) is 6.92 Å². The molecule has 3 heterocycles. The third-order valence-corrected chi connectivity index (χ3v) is 6.01. The van der Waals surface area contributed by atoms with Crippen molar-refractivity contribution in [2.24, 2.45) is 0 Å². The minimum atomic E-state index is -1.80. The minimum Gasteiger partial charge on any atom is -0.388 e. The first kappa shape index (κ1) is 27.0. The van der Waals surface area contributed by atoms with E-state index in [1.54, 1.807) is 0 Å². The van der Waals surface area contributed by atoms with E-state index in [1.807, 2.05) is 0 Å². The van der Waals surface area contributed by atoms with Crippen molar-refractivity contribution in [1.29, 1.82) is 0 Å². The van der Waals surface area contributed by atoms with Crippen LogP contribution in [0.15, 0.2) is 0 Å². The Hall–Kier alpha value is -0.600. The Morgan fingerprint density at radius 2 is 0.909 bits per heavy atom. The summed E-state index contributed by atoms with van der Waals surface area (Å²) in [6.45, 7) is 0.404. The summed E-state index contributed by atoms with van der Waals surface area (Å²) in [5, 5.41) is 98.9. The number of aliphatic hydroxyl groups excluding tert-OH is 10. The molecule has 194 valence electrons. The summed E-state index contributed by atoms with van der Waals surface area (Å²) in [5.41, 5.74) is 0. The fourth-order valence-corrected chi connectivity index (χ4v) is 3.79. The van der Waals surface area contributed by atoms with Gasteiger partial charge in [-0.05, 0) is 6.92 Å². The number of ether oxygens (including phenoxy) is 5. The molecular weight excluding hydrogens is 456 g/mol. The molecule has 0 saturated carbocycles. The van der Waals surface area contributed by atoms with Gasteiger partial charge in [0.2, 0.25) is 0 Å². The van der Waals surface area contributed by atoms with Gasteiger partial charge in [-0.1, -0.05) is 0 Å². The van der Waals surface area contributed by atoms with Gasteiger partial charge in [-0.2, -0.15) is 0 Å². The molecule has 0 bridgehead atoms. The summed E-state index contributed by atoms with van der Waals surface area (Å²) in [5.74, 6) is 0. The standard InChI is InChI=1S/C18H32O15/c1-4-7(19)10(22)14(26)17(31-4)29-3-6-9(21)12(24)15(27)18(33-6)30-2-5-8(20)11(23)13(25)16(28)32-5/h4-28H,2-3H2,1H3/t4-,5-,6-,7-,8-,9-,10+,11+,12+,13+,14+,15+,16+,17+,18+/m1/s1. The van der Waals surface area contributed by atoms with E-state index in [0.717, 1.165) is 0 Å². The molecule has 3 rings (SSSR count). The van der Waals surface area contributed by atoms with Gasteiger partial charge in [0.1, 0.15) is 67.1 Å². The maximum atomic E-state index is 10.2. The van der Waals surface area contributed by atoms with E-state index in [2.05, 4.69) is 0 Å². The highest BCUT2D eigenvalue weighted by Crippen LogP contribution is 2.27. The first-order valence-electron chi connectivity index (χ1n) is 10.4. The van der Waals surface area contributed by atoms with Gasteiger partial charge in [0.05, 0.1) is 19.3 Å². The molecule has 33 heavy (non-hydrogen) atoms. The lowest BCUT2D eigenvalue weighted by molar-refractivity contribution is -0.338. The lowest BCUT2D eigenvalue weighted by Crippen LogP contribution is -2.62. The first-order chi connectivity index (χ1) is 15.4. The van der Waals surface area contributed by atoms with E-state index < -0.39 is 105 Å². The lowest BCUT2D eigenvalue weighted by Gasteiger charge is -2.43. The van der Waals surface area contributed by atoms with Crippen molar-refractivity contribution in [2.45, 2.75) is 99.0 Å². The van der Waals surface area contributed by atoms with Gasteiger partial charge >= 0.3 is 0 Å². The summed E-state index contributed by atoms with van der Waals surface area (Å²) >= 11 is 0. The smallest absolute Gasteiger partial charge is 0.186 e. The van der Waals surface area contributed by atoms with Crippen LogP contribution in [0.5, 0.6) is 0 Å². The molecule has 10 N–H and O–H groups in total. The van der Waals surface area contributed by atoms with E-state index in [-0.39, 0.29) is 0 Å². The molecule has 15 heteroatoms. The topological polar surface area (TPSA) is 248 Å². The molecule has 3 fully saturated rings. The Kier molecular flexibility index (Phi) is 8.99. The van der Waals surface area contributed by atoms with E-state index in [9.17, 15) is 51.1 Å². The van der Waals surface area contributed by atoms with Crippen LogP contribution >= 0.6 is 0 Å². The van der Waals surface area contributed by atoms with E-state index >= 15 is 0 Å². The van der Waals surface area contributed by atoms with Gasteiger partial charge in [-0.3, -0.25) is 0 Å². The molecule has 15 nitrogen and oxygen atoms in total. The van der Waals surface area contributed by atoms with Gasteiger partial charge in [0.15, 0.2) is 18.9 Å². The molecule has 0 unspecified atom stereocenters. The third-order valence-electron chi connectivity index (χ3n) is 6.01. The number of rotatable bonds is 6. The number of hydrogen-bond donors (Lipinski definition) is 10. The van der Waals surface area contributed by atoms with Crippen LogP contribution < -0.4 is 0 Å². The SMILES string of the molecule is C[C@H]1O[C@H](OC[C@H]2O[C@H](OC[C@H]3O[C@H](O)[C@@H](O)[C@@H](O)[C@@H]3O)[C@@H](O)[C@@H](O)[C@@H]2O)[C@@H](O)[C@@H](O)[C@@H]1O. The van der Waals surface area contributed by atoms with Crippen LogP contribution in [0, 0.1) is 0 Å². The monoisotopic (exact) mass is 488 g/mol. The molecule has 0 aromatic carbocycles. The zero-order valence-electron chi connectivity index (χ0n) is 17.6. The van der Waals surface area contributed by atoms with Crippen molar-refractivity contribution in [3.8, 4) is 0 Å². The summed E-state index contributed by atoms with van der Waals surface area (Å²) in [6.07, 6.45) is -23.1. The van der Waals surface area contributed by atoms with Gasteiger partial charge < -0.3 is 74.7 Å². The van der Waals surface area contributed by atoms with Crippen molar-refractivity contribution in [3.05, 3.63) is 0 Å². The van der Waals surface area contributed by atoms with Crippen molar-refractivity contribution < 1.29 is 74.7 Å². The molecule has 3 saturated heterocycles. The molecular formula is C18H32O15. The largest absolute Gasteiger partial charge is 0.388 e. The first-order valence-corrected chi connectivity index (χ1v) is 10.4. The van der Waals surface area contributed by atoms with Gasteiger partial charge in [0, 0.05) is 0 Å². The highest BCUT2D eigenvalue weighted by Gasteiger charge is 2.48. The van der Waals surface area contributed by atoms with Crippen LogP contribution in [-0.4, -0.2) is 156 Å². The van der Waals surface area contributed by atoms with Crippen LogP contribution in [-0.2, 0) is 23.7 Å². The number of hydrogen-bond acceptors (Lipinski definition) is 15. The molecule has 0 aliphatic carbocycles. The fourth-order valence-electron chi connectivity index (χ4n) is 3.79. The zero-order valence-corrected chi connectivity index (χ0v) is 17.6. The maximum absolute atomic E-state index is 10.2. The molecule has 15 atom stereocenters. The van der Waals surface area contributed by atoms with E-state index in [1.165, 1.54) is 6.92 Å². The second-order valence-corrected chi connectivity index (χ2v) is 8.40. The van der Waals surface area contributed by atoms with Crippen LogP contribution in [0.2, 0.25) is 0 Å². The Morgan fingerprint density at radius 3 is 1.45 bits per heavy atom. The van der Waals surface area contributed by atoms with Crippen molar-refractivity contribution >= 4 is 0 Å². The van der Waals surface area contributed by atoms with Crippen molar-refractivity contribution in [1.82, 2.24) is 0 Å². The molecule has 0 aromatic heterocycles. The minimum absolute atomic E-state index is 0.492. The van der Waals surface area contributed by atoms with Gasteiger partial charge in [-0.15, -0.1) is 0 Å². The van der Waals surface area contributed by atoms with Gasteiger partial charge in [-0.25, -0.2) is 0 Å². The normalized spacial score (nSPS) is 53.7. The average molecular weight is 488 g/mol. The van der Waals surface area contributed by atoms with Gasteiger partial charge in [0.25, 0.3) is 0 Å². The van der Waals surface area contributed by atoms with Crippen LogP contribution in [0.4, 0.5) is 0 Å². The quantitative estimate of drug-likeness (QED) is 0.167. The Balaban J connectivity index is 1.57. The Labute approximate surface area is 187 Å². The summed E-state index contributed by atoms with van der Waals surface area (Å²) in [7, 11) is 0. The molecule has 0 spiro atoms. The molecule has 3 aliphatic rings. The lowest BCUT2D eigenvalue weighted by atomic mass is 9.98. The van der Waals surface area contributed by atoms with E-state index in [0.29, 0.717) is 0 Å². The number of aliphatic hydroxyl groups is 10. The van der Waals surface area contributed by atoms with Crippen molar-refractivity contribution in [2.75, 3.05) is 13.2 Å². The molecule has 0 radical (unpaired) electrons.